The summed E-state index contributed by atoms with van der Waals surface area (Å²) in [4.78, 5) is 27.8. The van der Waals surface area contributed by atoms with E-state index in [4.69, 9.17) is 4.74 Å². The fourth-order valence-electron chi connectivity index (χ4n) is 3.92. The van der Waals surface area contributed by atoms with Crippen molar-refractivity contribution in [2.45, 2.75) is 52.1 Å². The maximum absolute atomic E-state index is 13.2. The van der Waals surface area contributed by atoms with Crippen molar-refractivity contribution < 1.29 is 14.3 Å². The standard InChI is InChI=1S/C23H28N6O3/c1-3-7-18(27-26-16(2)14-17-8-5-4-6-9-17)21(30)25-19-10-11-29-22-20(15-24-29)32-13-12-28(22)23(19)31/h4-6,8-9,15,19H,3,7,10-14H2,1-2H3,(H,25,30)/b26-16+,27-18+. The third-order valence-electron chi connectivity index (χ3n) is 5.50. The lowest BCUT2D eigenvalue weighted by molar-refractivity contribution is -0.124. The second kappa shape index (κ2) is 9.76. The summed E-state index contributed by atoms with van der Waals surface area (Å²) in [6.07, 6.45) is 3.98. The maximum Gasteiger partial charge on any atom is 0.268 e. The molecule has 1 aromatic carbocycles. The highest BCUT2D eigenvalue weighted by molar-refractivity contribution is 6.39. The highest BCUT2D eigenvalue weighted by Crippen LogP contribution is 2.33. The number of nitrogens with one attached hydrogen (secondary N) is 1. The van der Waals surface area contributed by atoms with Gasteiger partial charge in [0.05, 0.1) is 12.7 Å². The third kappa shape index (κ3) is 4.71. The number of rotatable bonds is 7. The molecule has 1 atom stereocenters. The van der Waals surface area contributed by atoms with Crippen LogP contribution >= 0.6 is 0 Å². The molecule has 0 bridgehead atoms. The van der Waals surface area contributed by atoms with E-state index in [0.29, 0.717) is 56.2 Å². The number of ether oxygens (including phenoxy) is 1. The molecule has 2 aliphatic rings. The minimum Gasteiger partial charge on any atom is -0.486 e. The number of aromatic nitrogens is 2. The number of benzene rings is 1. The topological polar surface area (TPSA) is 101 Å². The Morgan fingerprint density at radius 3 is 2.84 bits per heavy atom. The minimum absolute atomic E-state index is 0.151. The summed E-state index contributed by atoms with van der Waals surface area (Å²) >= 11 is 0. The van der Waals surface area contributed by atoms with Crippen LogP contribution in [0.2, 0.25) is 0 Å². The lowest BCUT2D eigenvalue weighted by Gasteiger charge is -2.28. The van der Waals surface area contributed by atoms with Gasteiger partial charge in [0.1, 0.15) is 18.4 Å². The van der Waals surface area contributed by atoms with Gasteiger partial charge in [-0.15, -0.1) is 5.10 Å². The van der Waals surface area contributed by atoms with E-state index in [1.807, 2.05) is 44.2 Å². The molecule has 9 nitrogen and oxygen atoms in total. The zero-order valence-electron chi connectivity index (χ0n) is 18.5. The molecule has 32 heavy (non-hydrogen) atoms. The number of carbonyl (C=O) groups excluding carboxylic acids is 2. The van der Waals surface area contributed by atoms with Gasteiger partial charge in [-0.1, -0.05) is 43.7 Å². The highest BCUT2D eigenvalue weighted by Gasteiger charge is 2.36. The van der Waals surface area contributed by atoms with Crippen LogP contribution in [0.4, 0.5) is 5.82 Å². The van der Waals surface area contributed by atoms with Crippen LogP contribution in [0.5, 0.6) is 5.75 Å². The van der Waals surface area contributed by atoms with E-state index < -0.39 is 6.04 Å². The molecule has 1 aromatic heterocycles. The summed E-state index contributed by atoms with van der Waals surface area (Å²) < 4.78 is 7.36. The van der Waals surface area contributed by atoms with Gasteiger partial charge in [0.15, 0.2) is 11.6 Å². The van der Waals surface area contributed by atoms with Crippen LogP contribution in [0.3, 0.4) is 0 Å². The molecule has 3 heterocycles. The van der Waals surface area contributed by atoms with Crippen LogP contribution in [0.1, 0.15) is 38.7 Å². The molecule has 0 spiro atoms. The Morgan fingerprint density at radius 1 is 1.25 bits per heavy atom. The Bertz CT molecular complexity index is 1040. The van der Waals surface area contributed by atoms with E-state index in [2.05, 4.69) is 20.6 Å². The zero-order chi connectivity index (χ0) is 22.5. The molecule has 0 aliphatic carbocycles. The lowest BCUT2D eigenvalue weighted by atomic mass is 10.1. The number of hydrogen-bond acceptors (Lipinski definition) is 6. The van der Waals surface area contributed by atoms with E-state index in [9.17, 15) is 9.59 Å². The predicted octanol–water partition coefficient (Wildman–Crippen LogP) is 2.36. The molecule has 2 aromatic rings. The lowest BCUT2D eigenvalue weighted by Crippen LogP contribution is -2.51. The minimum atomic E-state index is -0.647. The summed E-state index contributed by atoms with van der Waals surface area (Å²) in [7, 11) is 0. The summed E-state index contributed by atoms with van der Waals surface area (Å²) in [5.74, 6) is 0.769. The van der Waals surface area contributed by atoms with Crippen LogP contribution in [0, 0.1) is 0 Å². The van der Waals surface area contributed by atoms with Crippen molar-refractivity contribution >= 4 is 29.1 Å². The van der Waals surface area contributed by atoms with Crippen molar-refractivity contribution in [2.24, 2.45) is 10.2 Å². The van der Waals surface area contributed by atoms with Crippen LogP contribution in [0.25, 0.3) is 0 Å². The van der Waals surface area contributed by atoms with Gasteiger partial charge in [0.2, 0.25) is 0 Å². The number of hydrogen-bond donors (Lipinski definition) is 1. The van der Waals surface area contributed by atoms with Crippen molar-refractivity contribution in [1.82, 2.24) is 15.1 Å². The van der Waals surface area contributed by atoms with E-state index in [1.165, 1.54) is 0 Å². The Labute approximate surface area is 187 Å². The fraction of sp³-hybridized carbons (Fsp3) is 0.435. The number of aryl methyl sites for hydroxylation is 1. The van der Waals surface area contributed by atoms with Crippen LogP contribution < -0.4 is 15.0 Å². The van der Waals surface area contributed by atoms with Gasteiger partial charge in [-0.25, -0.2) is 4.68 Å². The van der Waals surface area contributed by atoms with Crippen molar-refractivity contribution in [2.75, 3.05) is 18.1 Å². The van der Waals surface area contributed by atoms with Crippen molar-refractivity contribution in [1.29, 1.82) is 0 Å². The largest absolute Gasteiger partial charge is 0.486 e. The van der Waals surface area contributed by atoms with Gasteiger partial charge in [0.25, 0.3) is 11.8 Å². The van der Waals surface area contributed by atoms with E-state index >= 15 is 0 Å². The second-order valence-electron chi connectivity index (χ2n) is 8.00. The average Bonchev–Trinajstić information content (AvgIpc) is 3.17. The normalized spacial score (nSPS) is 18.6. The molecular weight excluding hydrogens is 408 g/mol. The maximum atomic E-state index is 13.2. The van der Waals surface area contributed by atoms with E-state index in [-0.39, 0.29) is 11.8 Å². The van der Waals surface area contributed by atoms with Crippen molar-refractivity contribution in [3.05, 3.63) is 42.1 Å². The van der Waals surface area contributed by atoms with Crippen molar-refractivity contribution in [3.8, 4) is 5.75 Å². The molecular formula is C23H28N6O3. The van der Waals surface area contributed by atoms with Gasteiger partial charge in [-0.3, -0.25) is 14.5 Å². The molecule has 0 saturated carbocycles. The molecule has 0 radical (unpaired) electrons. The molecule has 1 N–H and O–H groups in total. The van der Waals surface area contributed by atoms with Gasteiger partial charge >= 0.3 is 0 Å². The molecule has 0 fully saturated rings. The molecule has 0 saturated heterocycles. The van der Waals surface area contributed by atoms with Crippen molar-refractivity contribution in [3.63, 3.8) is 0 Å². The quantitative estimate of drug-likeness (QED) is 0.532. The third-order valence-corrected chi connectivity index (χ3v) is 5.50. The van der Waals surface area contributed by atoms with Gasteiger partial charge in [-0.05, 0) is 25.3 Å². The van der Waals surface area contributed by atoms with Crippen LogP contribution in [-0.4, -0.2) is 52.2 Å². The Hall–Kier alpha value is -3.49. The van der Waals surface area contributed by atoms with Crippen LogP contribution in [-0.2, 0) is 22.6 Å². The van der Waals surface area contributed by atoms with Gasteiger partial charge < -0.3 is 10.1 Å². The summed E-state index contributed by atoms with van der Waals surface area (Å²) in [6.45, 7) is 5.23. The molecule has 2 amide bonds. The zero-order valence-corrected chi connectivity index (χ0v) is 18.5. The molecule has 2 aliphatic heterocycles. The number of anilines is 1. The first kappa shape index (κ1) is 21.7. The summed E-state index contributed by atoms with van der Waals surface area (Å²) in [5.41, 5.74) is 2.28. The molecule has 1 unspecified atom stereocenters. The number of carbonyl (C=O) groups is 2. The SMILES string of the molecule is CCC/C(=N\N=C(/C)Cc1ccccc1)C(=O)NC1CCn2ncc3c2N(CCO3)C1=O. The summed E-state index contributed by atoms with van der Waals surface area (Å²) in [6, 6.07) is 9.35. The molecule has 9 heteroatoms. The molecule has 168 valence electrons. The van der Waals surface area contributed by atoms with Gasteiger partial charge in [0, 0.05) is 18.7 Å². The number of amides is 2. The monoisotopic (exact) mass is 436 g/mol. The first-order valence-corrected chi connectivity index (χ1v) is 11.0. The van der Waals surface area contributed by atoms with Gasteiger partial charge in [-0.2, -0.15) is 10.2 Å². The highest BCUT2D eigenvalue weighted by atomic mass is 16.5. The first-order valence-electron chi connectivity index (χ1n) is 11.0. The Balaban J connectivity index is 1.46. The van der Waals surface area contributed by atoms with Crippen LogP contribution in [0.15, 0.2) is 46.7 Å². The molecule has 4 rings (SSSR count). The van der Waals surface area contributed by atoms with E-state index in [0.717, 1.165) is 17.7 Å². The Kier molecular flexibility index (Phi) is 6.63. The average molecular weight is 437 g/mol. The Morgan fingerprint density at radius 2 is 2.06 bits per heavy atom. The van der Waals surface area contributed by atoms with E-state index in [1.54, 1.807) is 15.8 Å². The predicted molar refractivity (Wildman–Crippen MR) is 122 cm³/mol. The second-order valence-corrected chi connectivity index (χ2v) is 8.00. The number of nitrogens with zero attached hydrogens (tertiary/aromatic N) is 5. The first-order chi connectivity index (χ1) is 15.6. The fourth-order valence-corrected chi connectivity index (χ4v) is 3.92. The summed E-state index contributed by atoms with van der Waals surface area (Å²) in [5, 5.41) is 15.7. The smallest absolute Gasteiger partial charge is 0.268 e.